The lowest BCUT2D eigenvalue weighted by Crippen LogP contribution is -2.36. The van der Waals surface area contributed by atoms with Crippen LogP contribution in [0.1, 0.15) is 50.7 Å². The van der Waals surface area contributed by atoms with Crippen LogP contribution in [-0.2, 0) is 5.41 Å². The number of ether oxygens (including phenoxy) is 2. The Morgan fingerprint density at radius 2 is 1.24 bits per heavy atom. The average Bonchev–Trinajstić information content (AvgIpc) is 3.10. The fraction of sp³-hybridized carbons (Fsp3) is 0.556. The highest BCUT2D eigenvalue weighted by atomic mass is 35.5. The molecule has 0 saturated carbocycles. The second kappa shape index (κ2) is 12.6. The molecule has 1 aliphatic heterocycles. The number of aliphatic hydroxyl groups excluding tert-OH is 2. The van der Waals surface area contributed by atoms with Crippen molar-refractivity contribution in [1.82, 2.24) is 4.90 Å². The van der Waals surface area contributed by atoms with Crippen LogP contribution < -0.4 is 9.47 Å². The number of halogens is 1. The zero-order valence-electron chi connectivity index (χ0n) is 19.9. The molecular formula is C27H38ClNO4. The van der Waals surface area contributed by atoms with E-state index in [0.29, 0.717) is 18.9 Å². The van der Waals surface area contributed by atoms with Gasteiger partial charge in [-0.05, 0) is 61.3 Å². The summed E-state index contributed by atoms with van der Waals surface area (Å²) in [6, 6.07) is 16.0. The van der Waals surface area contributed by atoms with Crippen molar-refractivity contribution in [3.63, 3.8) is 0 Å². The largest absolute Gasteiger partial charge is 0.491 e. The van der Waals surface area contributed by atoms with Crippen LogP contribution in [0.5, 0.6) is 11.5 Å². The normalized spacial score (nSPS) is 17.2. The molecule has 1 saturated heterocycles. The lowest BCUT2D eigenvalue weighted by molar-refractivity contribution is 0.0693. The number of hydrogen-bond acceptors (Lipinski definition) is 5. The standard InChI is InChI=1S/C27H38ClNO4/c1-27(2,21-7-11-25(12-8-21)32-19-23(30)17-28)22-9-13-26(14-10-22)33-20-24(31)18-29-15-5-3-4-6-16-29/h7-14,23-24,30-31H,3-6,15-20H2,1-2H3/t23-,24-/m1/s1. The molecule has 1 aliphatic rings. The van der Waals surface area contributed by atoms with Gasteiger partial charge in [-0.25, -0.2) is 0 Å². The van der Waals surface area contributed by atoms with Gasteiger partial charge in [-0.3, -0.25) is 0 Å². The van der Waals surface area contributed by atoms with Gasteiger partial charge in [0.2, 0.25) is 0 Å². The van der Waals surface area contributed by atoms with E-state index in [1.54, 1.807) is 0 Å². The highest BCUT2D eigenvalue weighted by Crippen LogP contribution is 2.33. The van der Waals surface area contributed by atoms with Crippen LogP contribution in [0.15, 0.2) is 48.5 Å². The van der Waals surface area contributed by atoms with E-state index < -0.39 is 12.2 Å². The first kappa shape index (κ1) is 25.8. The Balaban J connectivity index is 1.52. The molecule has 0 bridgehead atoms. The molecular weight excluding hydrogens is 438 g/mol. The number of nitrogens with zero attached hydrogens (tertiary/aromatic N) is 1. The number of aliphatic hydroxyl groups is 2. The number of β-amino-alcohol motifs (C(OH)–C–C–N with tert-alkyl or cyclic N) is 1. The Hall–Kier alpha value is -1.79. The minimum atomic E-state index is -0.668. The fourth-order valence-corrected chi connectivity index (χ4v) is 4.29. The van der Waals surface area contributed by atoms with Gasteiger partial charge in [-0.2, -0.15) is 0 Å². The van der Waals surface area contributed by atoms with E-state index in [9.17, 15) is 10.2 Å². The lowest BCUT2D eigenvalue weighted by Gasteiger charge is -2.27. The number of rotatable bonds is 11. The summed E-state index contributed by atoms with van der Waals surface area (Å²) in [7, 11) is 0. The Labute approximate surface area is 203 Å². The first-order chi connectivity index (χ1) is 15.9. The van der Waals surface area contributed by atoms with Crippen molar-refractivity contribution >= 4 is 11.6 Å². The highest BCUT2D eigenvalue weighted by Gasteiger charge is 2.23. The van der Waals surface area contributed by atoms with E-state index in [1.807, 2.05) is 36.4 Å². The molecule has 2 aromatic rings. The SMILES string of the molecule is CC(C)(c1ccc(OC[C@H](O)CCl)cc1)c1ccc(OC[C@H](O)CN2CCCCCC2)cc1. The first-order valence-electron chi connectivity index (χ1n) is 12.0. The molecule has 1 heterocycles. The Bertz CT molecular complexity index is 817. The van der Waals surface area contributed by atoms with Gasteiger partial charge in [0, 0.05) is 12.0 Å². The quantitative estimate of drug-likeness (QED) is 0.465. The van der Waals surface area contributed by atoms with Crippen LogP contribution in [-0.4, -0.2) is 66.0 Å². The maximum Gasteiger partial charge on any atom is 0.119 e. The molecule has 6 heteroatoms. The van der Waals surface area contributed by atoms with E-state index in [4.69, 9.17) is 21.1 Å². The van der Waals surface area contributed by atoms with Crippen molar-refractivity contribution in [2.24, 2.45) is 0 Å². The average molecular weight is 476 g/mol. The maximum absolute atomic E-state index is 10.4. The second-order valence-electron chi connectivity index (χ2n) is 9.47. The van der Waals surface area contributed by atoms with E-state index in [1.165, 1.54) is 31.2 Å². The van der Waals surface area contributed by atoms with Crippen LogP contribution in [0.2, 0.25) is 0 Å². The molecule has 0 aliphatic carbocycles. The number of benzene rings is 2. The molecule has 2 aromatic carbocycles. The summed E-state index contributed by atoms with van der Waals surface area (Å²) in [5.41, 5.74) is 2.14. The van der Waals surface area contributed by atoms with Crippen molar-refractivity contribution in [3.8, 4) is 11.5 Å². The smallest absolute Gasteiger partial charge is 0.119 e. The summed E-state index contributed by atoms with van der Waals surface area (Å²) >= 11 is 5.61. The summed E-state index contributed by atoms with van der Waals surface area (Å²) in [5, 5.41) is 19.9. The van der Waals surface area contributed by atoms with Gasteiger partial charge in [0.1, 0.15) is 36.9 Å². The Kier molecular flexibility index (Phi) is 9.87. The minimum Gasteiger partial charge on any atom is -0.491 e. The Morgan fingerprint density at radius 3 is 1.70 bits per heavy atom. The van der Waals surface area contributed by atoms with Crippen LogP contribution >= 0.6 is 11.6 Å². The number of alkyl halides is 1. The molecule has 182 valence electrons. The van der Waals surface area contributed by atoms with Gasteiger partial charge < -0.3 is 24.6 Å². The molecule has 0 aromatic heterocycles. The molecule has 33 heavy (non-hydrogen) atoms. The van der Waals surface area contributed by atoms with Gasteiger partial charge in [-0.15, -0.1) is 11.6 Å². The predicted octanol–water partition coefficient (Wildman–Crippen LogP) is 4.61. The summed E-state index contributed by atoms with van der Waals surface area (Å²) in [5.74, 6) is 1.63. The monoisotopic (exact) mass is 475 g/mol. The Morgan fingerprint density at radius 1 is 0.788 bits per heavy atom. The molecule has 5 nitrogen and oxygen atoms in total. The summed E-state index contributed by atoms with van der Waals surface area (Å²) < 4.78 is 11.4. The summed E-state index contributed by atoms with van der Waals surface area (Å²) in [6.45, 7) is 7.67. The summed E-state index contributed by atoms with van der Waals surface area (Å²) in [4.78, 5) is 2.35. The van der Waals surface area contributed by atoms with Crippen molar-refractivity contribution in [3.05, 3.63) is 59.7 Å². The highest BCUT2D eigenvalue weighted by molar-refractivity contribution is 6.18. The molecule has 3 rings (SSSR count). The van der Waals surface area contributed by atoms with Gasteiger partial charge >= 0.3 is 0 Å². The predicted molar refractivity (Wildman–Crippen MR) is 134 cm³/mol. The van der Waals surface area contributed by atoms with E-state index in [0.717, 1.165) is 24.4 Å². The maximum atomic E-state index is 10.4. The van der Waals surface area contributed by atoms with Gasteiger partial charge in [0.25, 0.3) is 0 Å². The van der Waals surface area contributed by atoms with Crippen molar-refractivity contribution in [2.75, 3.05) is 38.7 Å². The second-order valence-corrected chi connectivity index (χ2v) is 9.78. The molecule has 1 fully saturated rings. The van der Waals surface area contributed by atoms with Crippen molar-refractivity contribution < 1.29 is 19.7 Å². The molecule has 0 amide bonds. The van der Waals surface area contributed by atoms with Crippen LogP contribution in [0.3, 0.4) is 0 Å². The van der Waals surface area contributed by atoms with E-state index in [-0.39, 0.29) is 17.9 Å². The molecule has 2 N–H and O–H groups in total. The fourth-order valence-electron chi connectivity index (χ4n) is 4.20. The molecule has 0 spiro atoms. The van der Waals surface area contributed by atoms with E-state index in [2.05, 4.69) is 30.9 Å². The number of likely N-dealkylation sites (tertiary alicyclic amines) is 1. The van der Waals surface area contributed by atoms with Gasteiger partial charge in [0.05, 0.1) is 5.88 Å². The van der Waals surface area contributed by atoms with Gasteiger partial charge in [0.15, 0.2) is 0 Å². The first-order valence-corrected chi connectivity index (χ1v) is 12.5. The molecule has 0 radical (unpaired) electrons. The van der Waals surface area contributed by atoms with Crippen molar-refractivity contribution in [2.45, 2.75) is 57.2 Å². The summed E-state index contributed by atoms with van der Waals surface area (Å²) in [6.07, 6.45) is 3.88. The van der Waals surface area contributed by atoms with E-state index >= 15 is 0 Å². The van der Waals surface area contributed by atoms with Crippen molar-refractivity contribution in [1.29, 1.82) is 0 Å². The third kappa shape index (κ3) is 7.89. The minimum absolute atomic E-state index is 0.155. The number of hydrogen-bond donors (Lipinski definition) is 2. The zero-order chi connectivity index (χ0) is 23.7. The third-order valence-corrected chi connectivity index (χ3v) is 6.74. The molecule has 0 unspecified atom stereocenters. The topological polar surface area (TPSA) is 62.2 Å². The third-order valence-electron chi connectivity index (χ3n) is 6.38. The zero-order valence-corrected chi connectivity index (χ0v) is 20.6. The van der Waals surface area contributed by atoms with Gasteiger partial charge in [-0.1, -0.05) is 51.0 Å². The van der Waals surface area contributed by atoms with Crippen LogP contribution in [0.25, 0.3) is 0 Å². The van der Waals surface area contributed by atoms with Crippen LogP contribution in [0, 0.1) is 0 Å². The van der Waals surface area contributed by atoms with Crippen LogP contribution in [0.4, 0.5) is 0 Å². The molecule has 2 atom stereocenters. The lowest BCUT2D eigenvalue weighted by atomic mass is 9.78.